The highest BCUT2D eigenvalue weighted by atomic mass is 32.2. The standard InChI is InChI=1S/C8H20N2S/c1-4-9-5-7-11-8-6-10(2)3/h9H,4-8H2,1-3H3. The zero-order chi connectivity index (χ0) is 8.53. The average Bonchev–Trinajstić information content (AvgIpc) is 1.96. The van der Waals surface area contributed by atoms with E-state index in [-0.39, 0.29) is 0 Å². The first-order chi connectivity index (χ1) is 5.27. The molecule has 0 aromatic rings. The van der Waals surface area contributed by atoms with E-state index in [0.717, 1.165) is 13.1 Å². The second kappa shape index (κ2) is 8.37. The van der Waals surface area contributed by atoms with E-state index >= 15 is 0 Å². The van der Waals surface area contributed by atoms with Crippen molar-refractivity contribution in [1.82, 2.24) is 10.2 Å². The lowest BCUT2D eigenvalue weighted by atomic mass is 10.7. The molecular formula is C8H20N2S. The predicted octanol–water partition coefficient (Wildman–Crippen LogP) is 0.891. The van der Waals surface area contributed by atoms with Gasteiger partial charge in [0.15, 0.2) is 0 Å². The van der Waals surface area contributed by atoms with E-state index in [4.69, 9.17) is 0 Å². The van der Waals surface area contributed by atoms with Crippen LogP contribution in [0.4, 0.5) is 0 Å². The summed E-state index contributed by atoms with van der Waals surface area (Å²) in [7, 11) is 4.23. The van der Waals surface area contributed by atoms with Crippen LogP contribution in [0.5, 0.6) is 0 Å². The first kappa shape index (κ1) is 11.3. The van der Waals surface area contributed by atoms with Gasteiger partial charge in [-0.1, -0.05) is 6.92 Å². The largest absolute Gasteiger partial charge is 0.316 e. The van der Waals surface area contributed by atoms with Crippen LogP contribution in [0.1, 0.15) is 6.92 Å². The van der Waals surface area contributed by atoms with Crippen LogP contribution in [-0.4, -0.2) is 50.1 Å². The van der Waals surface area contributed by atoms with Crippen molar-refractivity contribution in [1.29, 1.82) is 0 Å². The third kappa shape index (κ3) is 10.3. The quantitative estimate of drug-likeness (QED) is 0.580. The van der Waals surface area contributed by atoms with Crippen molar-refractivity contribution in [2.45, 2.75) is 6.92 Å². The number of hydrogen-bond donors (Lipinski definition) is 1. The lowest BCUT2D eigenvalue weighted by Gasteiger charge is -2.08. The molecule has 0 unspecified atom stereocenters. The molecule has 0 rings (SSSR count). The Morgan fingerprint density at radius 2 is 2.00 bits per heavy atom. The van der Waals surface area contributed by atoms with Gasteiger partial charge in [-0.05, 0) is 20.6 Å². The van der Waals surface area contributed by atoms with Crippen LogP contribution in [0.25, 0.3) is 0 Å². The molecule has 0 amide bonds. The fraction of sp³-hybridized carbons (Fsp3) is 1.00. The van der Waals surface area contributed by atoms with Crippen LogP contribution in [0, 0.1) is 0 Å². The molecule has 68 valence electrons. The summed E-state index contributed by atoms with van der Waals surface area (Å²) in [4.78, 5) is 2.22. The molecule has 3 heteroatoms. The smallest absolute Gasteiger partial charge is 0.00662 e. The molecule has 0 atom stereocenters. The molecule has 0 aliphatic heterocycles. The molecule has 11 heavy (non-hydrogen) atoms. The first-order valence-electron chi connectivity index (χ1n) is 4.20. The molecule has 0 aliphatic carbocycles. The van der Waals surface area contributed by atoms with Crippen LogP contribution in [0.2, 0.25) is 0 Å². The van der Waals surface area contributed by atoms with Crippen molar-refractivity contribution in [2.75, 3.05) is 45.2 Å². The number of hydrogen-bond acceptors (Lipinski definition) is 3. The van der Waals surface area contributed by atoms with Crippen LogP contribution in [0.3, 0.4) is 0 Å². The molecule has 2 nitrogen and oxygen atoms in total. The van der Waals surface area contributed by atoms with Crippen LogP contribution in [0.15, 0.2) is 0 Å². The third-order valence-corrected chi connectivity index (χ3v) is 2.32. The van der Waals surface area contributed by atoms with Crippen molar-refractivity contribution in [3.05, 3.63) is 0 Å². The van der Waals surface area contributed by atoms with E-state index in [1.54, 1.807) is 0 Å². The van der Waals surface area contributed by atoms with Gasteiger partial charge in [-0.2, -0.15) is 11.8 Å². The van der Waals surface area contributed by atoms with Crippen molar-refractivity contribution < 1.29 is 0 Å². The summed E-state index contributed by atoms with van der Waals surface area (Å²) < 4.78 is 0. The molecule has 0 aromatic heterocycles. The Bertz CT molecular complexity index is 76.5. The van der Waals surface area contributed by atoms with Gasteiger partial charge >= 0.3 is 0 Å². The second-order valence-electron chi connectivity index (χ2n) is 2.77. The minimum absolute atomic E-state index is 1.09. The van der Waals surface area contributed by atoms with Crippen molar-refractivity contribution in [3.8, 4) is 0 Å². The summed E-state index contributed by atoms with van der Waals surface area (Å²) in [5.74, 6) is 2.49. The minimum atomic E-state index is 1.09. The first-order valence-corrected chi connectivity index (χ1v) is 5.36. The summed E-state index contributed by atoms with van der Waals surface area (Å²) in [5.41, 5.74) is 0. The van der Waals surface area contributed by atoms with Gasteiger partial charge in [0.05, 0.1) is 0 Å². The van der Waals surface area contributed by atoms with E-state index < -0.39 is 0 Å². The van der Waals surface area contributed by atoms with Crippen molar-refractivity contribution in [2.24, 2.45) is 0 Å². The number of nitrogens with zero attached hydrogens (tertiary/aromatic N) is 1. The van der Waals surface area contributed by atoms with Crippen molar-refractivity contribution in [3.63, 3.8) is 0 Å². The molecule has 0 aromatic carbocycles. The van der Waals surface area contributed by atoms with E-state index in [9.17, 15) is 0 Å². The highest BCUT2D eigenvalue weighted by Crippen LogP contribution is 1.97. The number of thioether (sulfide) groups is 1. The van der Waals surface area contributed by atoms with E-state index in [1.807, 2.05) is 11.8 Å². The van der Waals surface area contributed by atoms with E-state index in [2.05, 4.69) is 31.2 Å². The molecule has 0 bridgehead atoms. The molecule has 1 N–H and O–H groups in total. The Kier molecular flexibility index (Phi) is 8.57. The molecule has 0 saturated carbocycles. The monoisotopic (exact) mass is 176 g/mol. The Hall–Kier alpha value is 0.270. The summed E-state index contributed by atoms with van der Waals surface area (Å²) >= 11 is 2.02. The Morgan fingerprint density at radius 1 is 1.27 bits per heavy atom. The van der Waals surface area contributed by atoms with Crippen LogP contribution < -0.4 is 5.32 Å². The molecule has 0 spiro atoms. The maximum absolute atomic E-state index is 3.30. The highest BCUT2D eigenvalue weighted by molar-refractivity contribution is 7.99. The van der Waals surface area contributed by atoms with E-state index in [1.165, 1.54) is 18.1 Å². The maximum Gasteiger partial charge on any atom is 0.00662 e. The molecular weight excluding hydrogens is 156 g/mol. The van der Waals surface area contributed by atoms with Gasteiger partial charge in [-0.25, -0.2) is 0 Å². The van der Waals surface area contributed by atoms with Crippen LogP contribution in [-0.2, 0) is 0 Å². The zero-order valence-electron chi connectivity index (χ0n) is 7.89. The highest BCUT2D eigenvalue weighted by Gasteiger charge is 1.90. The average molecular weight is 176 g/mol. The summed E-state index contributed by atoms with van der Waals surface area (Å²) in [5, 5.41) is 3.30. The molecule has 0 heterocycles. The van der Waals surface area contributed by atoms with Gasteiger partial charge in [-0.3, -0.25) is 0 Å². The second-order valence-corrected chi connectivity index (χ2v) is 3.99. The SMILES string of the molecule is CCNCCSCCN(C)C. The molecule has 0 saturated heterocycles. The summed E-state index contributed by atoms with van der Waals surface area (Å²) in [6, 6.07) is 0. The molecule has 0 fully saturated rings. The summed E-state index contributed by atoms with van der Waals surface area (Å²) in [6.07, 6.45) is 0. The lowest BCUT2D eigenvalue weighted by Crippen LogP contribution is -2.18. The number of rotatable bonds is 7. The third-order valence-electron chi connectivity index (χ3n) is 1.36. The lowest BCUT2D eigenvalue weighted by molar-refractivity contribution is 0.437. The van der Waals surface area contributed by atoms with Gasteiger partial charge in [-0.15, -0.1) is 0 Å². The Balaban J connectivity index is 2.80. The van der Waals surface area contributed by atoms with Gasteiger partial charge in [0.25, 0.3) is 0 Å². The van der Waals surface area contributed by atoms with Crippen molar-refractivity contribution >= 4 is 11.8 Å². The zero-order valence-corrected chi connectivity index (χ0v) is 8.71. The van der Waals surface area contributed by atoms with Gasteiger partial charge < -0.3 is 10.2 Å². The summed E-state index contributed by atoms with van der Waals surface area (Å²) in [6.45, 7) is 5.57. The predicted molar refractivity (Wildman–Crippen MR) is 54.4 cm³/mol. The Labute approximate surface area is 74.7 Å². The normalized spacial score (nSPS) is 10.9. The molecule has 0 radical (unpaired) electrons. The van der Waals surface area contributed by atoms with Crippen LogP contribution >= 0.6 is 11.8 Å². The Morgan fingerprint density at radius 3 is 2.55 bits per heavy atom. The number of nitrogens with one attached hydrogen (secondary N) is 1. The topological polar surface area (TPSA) is 15.3 Å². The maximum atomic E-state index is 3.30. The van der Waals surface area contributed by atoms with Gasteiger partial charge in [0, 0.05) is 24.6 Å². The fourth-order valence-electron chi connectivity index (χ4n) is 0.670. The minimum Gasteiger partial charge on any atom is -0.316 e. The van der Waals surface area contributed by atoms with Gasteiger partial charge in [0.2, 0.25) is 0 Å². The molecule has 0 aliphatic rings. The van der Waals surface area contributed by atoms with Gasteiger partial charge in [0.1, 0.15) is 0 Å². The fourth-order valence-corrected chi connectivity index (χ4v) is 1.66. The van der Waals surface area contributed by atoms with E-state index in [0.29, 0.717) is 0 Å².